The number of esters is 1. The zero-order valence-corrected chi connectivity index (χ0v) is 10.3. The van der Waals surface area contributed by atoms with Crippen molar-refractivity contribution in [1.29, 1.82) is 5.26 Å². The van der Waals surface area contributed by atoms with E-state index in [1.165, 1.54) is 13.2 Å². The van der Waals surface area contributed by atoms with E-state index >= 15 is 0 Å². The number of carbonyl (C=O) groups is 2. The molecule has 3 atom stereocenters. The van der Waals surface area contributed by atoms with Crippen molar-refractivity contribution in [3.8, 4) is 6.07 Å². The molecule has 1 fully saturated rings. The zero-order chi connectivity index (χ0) is 13.2. The Labute approximate surface area is 106 Å². The average molecular weight is 245 g/mol. The molecule has 0 aromatic carbocycles. The summed E-state index contributed by atoms with van der Waals surface area (Å²) in [4.78, 5) is 22.0. The van der Waals surface area contributed by atoms with Crippen molar-refractivity contribution in [2.45, 2.75) is 19.3 Å². The van der Waals surface area contributed by atoms with Crippen LogP contribution in [-0.2, 0) is 14.3 Å². The van der Waals surface area contributed by atoms with Crippen molar-refractivity contribution in [3.05, 3.63) is 23.8 Å². The summed E-state index contributed by atoms with van der Waals surface area (Å²) < 4.78 is 4.62. The van der Waals surface area contributed by atoms with Gasteiger partial charge in [0.1, 0.15) is 6.29 Å². The summed E-state index contributed by atoms with van der Waals surface area (Å²) in [6.45, 7) is 0. The Hall–Kier alpha value is -1.89. The second kappa shape index (κ2) is 4.77. The largest absolute Gasteiger partial charge is 0.466 e. The van der Waals surface area contributed by atoms with Gasteiger partial charge in [0.05, 0.1) is 18.6 Å². The molecular weight excluding hydrogens is 230 g/mol. The Morgan fingerprint density at radius 3 is 3.06 bits per heavy atom. The molecule has 94 valence electrons. The summed E-state index contributed by atoms with van der Waals surface area (Å²) in [7, 11) is 1.34. The molecule has 18 heavy (non-hydrogen) atoms. The zero-order valence-electron chi connectivity index (χ0n) is 10.3. The molecule has 0 aromatic rings. The van der Waals surface area contributed by atoms with Gasteiger partial charge in [0.15, 0.2) is 0 Å². The van der Waals surface area contributed by atoms with E-state index in [0.717, 1.165) is 11.9 Å². The third-order valence-corrected chi connectivity index (χ3v) is 3.91. The van der Waals surface area contributed by atoms with Crippen molar-refractivity contribution in [3.63, 3.8) is 0 Å². The van der Waals surface area contributed by atoms with Crippen LogP contribution in [0.15, 0.2) is 23.8 Å². The summed E-state index contributed by atoms with van der Waals surface area (Å²) in [5.74, 6) is -0.136. The molecule has 2 aliphatic carbocycles. The monoisotopic (exact) mass is 245 g/mol. The molecule has 0 spiro atoms. The first-order valence-electron chi connectivity index (χ1n) is 5.98. The van der Waals surface area contributed by atoms with Crippen LogP contribution in [0.4, 0.5) is 0 Å². The number of hydrogen-bond acceptors (Lipinski definition) is 4. The molecule has 1 saturated carbocycles. The number of fused-ring (bicyclic) bond motifs is 2. The van der Waals surface area contributed by atoms with E-state index in [2.05, 4.69) is 10.8 Å². The van der Waals surface area contributed by atoms with E-state index < -0.39 is 11.4 Å². The maximum absolute atomic E-state index is 11.3. The van der Waals surface area contributed by atoms with E-state index in [4.69, 9.17) is 0 Å². The van der Waals surface area contributed by atoms with Crippen molar-refractivity contribution >= 4 is 12.3 Å². The molecule has 3 unspecified atom stereocenters. The third kappa shape index (κ3) is 2.08. The third-order valence-electron chi connectivity index (χ3n) is 3.91. The lowest BCUT2D eigenvalue weighted by Gasteiger charge is -2.22. The van der Waals surface area contributed by atoms with Crippen LogP contribution < -0.4 is 0 Å². The molecule has 2 rings (SSSR count). The van der Waals surface area contributed by atoms with Crippen LogP contribution in [0.3, 0.4) is 0 Å². The number of rotatable bonds is 3. The first-order chi connectivity index (χ1) is 8.64. The molecule has 0 aliphatic heterocycles. The van der Waals surface area contributed by atoms with Gasteiger partial charge in [-0.05, 0) is 30.3 Å². The van der Waals surface area contributed by atoms with Crippen LogP contribution in [0.2, 0.25) is 0 Å². The molecule has 0 N–H and O–H groups in total. The van der Waals surface area contributed by atoms with Gasteiger partial charge in [0, 0.05) is 12.5 Å². The van der Waals surface area contributed by atoms with E-state index in [1.54, 1.807) is 0 Å². The minimum Gasteiger partial charge on any atom is -0.466 e. The minimum atomic E-state index is -0.453. The minimum absolute atomic E-state index is 0.110. The molecule has 0 saturated heterocycles. The maximum Gasteiger partial charge on any atom is 0.330 e. The maximum atomic E-state index is 11.3. The van der Waals surface area contributed by atoms with Crippen molar-refractivity contribution in [2.24, 2.45) is 17.3 Å². The van der Waals surface area contributed by atoms with Gasteiger partial charge in [-0.3, -0.25) is 0 Å². The highest BCUT2D eigenvalue weighted by molar-refractivity contribution is 5.83. The molecule has 0 radical (unpaired) electrons. The number of allylic oxidation sites excluding steroid dienone is 3. The lowest BCUT2D eigenvalue weighted by molar-refractivity contribution is -0.134. The van der Waals surface area contributed by atoms with Gasteiger partial charge < -0.3 is 9.53 Å². The van der Waals surface area contributed by atoms with E-state index in [1.807, 2.05) is 12.2 Å². The molecular formula is C14H15NO3. The standard InChI is InChI=1S/C14H15NO3/c1-18-13(17)6-10-2-4-14(9-15)7-11(3-5-16)12(10)8-14/h2,4-6,11-12H,3,7-8H2,1H3/b10-6+. The highest BCUT2D eigenvalue weighted by Gasteiger charge is 2.47. The van der Waals surface area contributed by atoms with E-state index in [-0.39, 0.29) is 11.8 Å². The molecule has 0 heterocycles. The Morgan fingerprint density at radius 2 is 2.44 bits per heavy atom. The predicted molar refractivity (Wildman–Crippen MR) is 64.2 cm³/mol. The lowest BCUT2D eigenvalue weighted by atomic mass is 9.80. The SMILES string of the molecule is COC(=O)/C=C1\C=CC2(C#N)CC(CC=O)C1C2. The van der Waals surface area contributed by atoms with Gasteiger partial charge in [-0.25, -0.2) is 4.79 Å². The Bertz CT molecular complexity index is 472. The average Bonchev–Trinajstić information content (AvgIpc) is 2.68. The number of carbonyl (C=O) groups excluding carboxylic acids is 2. The van der Waals surface area contributed by atoms with Crippen molar-refractivity contribution in [2.75, 3.05) is 7.11 Å². The van der Waals surface area contributed by atoms with Gasteiger partial charge >= 0.3 is 5.97 Å². The van der Waals surface area contributed by atoms with Crippen LogP contribution in [0.1, 0.15) is 19.3 Å². The predicted octanol–water partition coefficient (Wildman–Crippen LogP) is 1.78. The van der Waals surface area contributed by atoms with Crippen LogP contribution in [0.5, 0.6) is 0 Å². The van der Waals surface area contributed by atoms with Crippen molar-refractivity contribution in [1.82, 2.24) is 0 Å². The molecule has 2 aliphatic rings. The van der Waals surface area contributed by atoms with E-state index in [0.29, 0.717) is 19.3 Å². The second-order valence-corrected chi connectivity index (χ2v) is 4.95. The number of methoxy groups -OCH3 is 1. The van der Waals surface area contributed by atoms with Gasteiger partial charge in [0.2, 0.25) is 0 Å². The Balaban J connectivity index is 2.32. The van der Waals surface area contributed by atoms with Gasteiger partial charge in [-0.15, -0.1) is 0 Å². The summed E-state index contributed by atoms with van der Waals surface area (Å²) in [5.41, 5.74) is 0.420. The van der Waals surface area contributed by atoms with Crippen LogP contribution in [0.25, 0.3) is 0 Å². The molecule has 2 bridgehead atoms. The number of hydrogen-bond donors (Lipinski definition) is 0. The van der Waals surface area contributed by atoms with E-state index in [9.17, 15) is 14.9 Å². The first kappa shape index (κ1) is 12.6. The summed E-state index contributed by atoms with van der Waals surface area (Å²) >= 11 is 0. The van der Waals surface area contributed by atoms with Crippen LogP contribution in [0, 0.1) is 28.6 Å². The number of nitriles is 1. The fourth-order valence-electron chi connectivity index (χ4n) is 3.01. The van der Waals surface area contributed by atoms with Crippen LogP contribution >= 0.6 is 0 Å². The number of aldehydes is 1. The molecule has 0 aromatic heterocycles. The fraction of sp³-hybridized carbons (Fsp3) is 0.500. The highest BCUT2D eigenvalue weighted by atomic mass is 16.5. The quantitative estimate of drug-likeness (QED) is 0.432. The number of nitrogens with zero attached hydrogens (tertiary/aromatic N) is 1. The molecule has 4 heteroatoms. The highest BCUT2D eigenvalue weighted by Crippen LogP contribution is 2.53. The van der Waals surface area contributed by atoms with Gasteiger partial charge in [0.25, 0.3) is 0 Å². The summed E-state index contributed by atoms with van der Waals surface area (Å²) in [6.07, 6.45) is 7.89. The van der Waals surface area contributed by atoms with Gasteiger partial charge in [-0.2, -0.15) is 5.26 Å². The van der Waals surface area contributed by atoms with Crippen molar-refractivity contribution < 1.29 is 14.3 Å². The topological polar surface area (TPSA) is 67.2 Å². The molecule has 4 nitrogen and oxygen atoms in total. The Kier molecular flexibility index (Phi) is 3.33. The van der Waals surface area contributed by atoms with Gasteiger partial charge in [-0.1, -0.05) is 12.2 Å². The molecule has 0 amide bonds. The van der Waals surface area contributed by atoms with Crippen LogP contribution in [-0.4, -0.2) is 19.4 Å². The number of ether oxygens (including phenoxy) is 1. The Morgan fingerprint density at radius 1 is 1.67 bits per heavy atom. The first-order valence-corrected chi connectivity index (χ1v) is 5.98. The smallest absolute Gasteiger partial charge is 0.330 e. The lowest BCUT2D eigenvalue weighted by Crippen LogP contribution is -2.16. The summed E-state index contributed by atoms with van der Waals surface area (Å²) in [6, 6.07) is 2.34. The normalized spacial score (nSPS) is 35.2. The second-order valence-electron chi connectivity index (χ2n) is 4.95. The summed E-state index contributed by atoms with van der Waals surface area (Å²) in [5, 5.41) is 9.27. The fourth-order valence-corrected chi connectivity index (χ4v) is 3.01.